The molecule has 1 aliphatic heterocycles. The fraction of sp³-hybridized carbons (Fsp3) is 0.435. The fourth-order valence-electron chi connectivity index (χ4n) is 3.67. The summed E-state index contributed by atoms with van der Waals surface area (Å²) >= 11 is 0. The Morgan fingerprint density at radius 1 is 1.23 bits per heavy atom. The summed E-state index contributed by atoms with van der Waals surface area (Å²) in [7, 11) is 3.39. The smallest absolute Gasteiger partial charge is 0.191 e. The van der Waals surface area contributed by atoms with Crippen molar-refractivity contribution in [1.82, 2.24) is 10.6 Å². The first-order chi connectivity index (χ1) is 14.1. The lowest BCUT2D eigenvalue weighted by molar-refractivity contribution is 0.406. The lowest BCUT2D eigenvalue weighted by Crippen LogP contribution is -2.51. The van der Waals surface area contributed by atoms with Gasteiger partial charge in [-0.15, -0.1) is 24.0 Å². The minimum absolute atomic E-state index is 0. The van der Waals surface area contributed by atoms with Crippen molar-refractivity contribution in [2.45, 2.75) is 32.2 Å². The molecule has 7 heteroatoms. The Bertz CT molecular complexity index is 826. The van der Waals surface area contributed by atoms with Crippen LogP contribution in [0.25, 0.3) is 0 Å². The number of methoxy groups -OCH3 is 1. The van der Waals surface area contributed by atoms with Gasteiger partial charge < -0.3 is 25.4 Å². The number of anilines is 1. The average molecular weight is 524 g/mol. The quantitative estimate of drug-likeness (QED) is 0.306. The van der Waals surface area contributed by atoms with Gasteiger partial charge in [0, 0.05) is 44.5 Å². The maximum absolute atomic E-state index is 10.1. The van der Waals surface area contributed by atoms with Gasteiger partial charge in [-0.1, -0.05) is 23.8 Å². The summed E-state index contributed by atoms with van der Waals surface area (Å²) in [5.41, 5.74) is 3.45. The molecule has 2 aromatic rings. The van der Waals surface area contributed by atoms with E-state index >= 15 is 0 Å². The van der Waals surface area contributed by atoms with E-state index < -0.39 is 0 Å². The molecule has 0 bridgehead atoms. The molecule has 1 saturated heterocycles. The predicted octanol–water partition coefficient (Wildman–Crippen LogP) is 3.70. The van der Waals surface area contributed by atoms with Crippen LogP contribution in [-0.2, 0) is 6.42 Å². The average Bonchev–Trinajstić information content (AvgIpc) is 2.74. The Kier molecular flexibility index (Phi) is 9.55. The molecule has 1 unspecified atom stereocenters. The number of hydrogen-bond acceptors (Lipinski definition) is 4. The van der Waals surface area contributed by atoms with E-state index in [4.69, 9.17) is 4.74 Å². The van der Waals surface area contributed by atoms with Gasteiger partial charge in [-0.05, 0) is 49.9 Å². The Morgan fingerprint density at radius 3 is 2.67 bits per heavy atom. The number of phenolic OH excluding ortho intramolecular Hbond substituents is 1. The molecule has 2 aromatic carbocycles. The number of aliphatic imine (C=N–C) groups is 1. The highest BCUT2D eigenvalue weighted by molar-refractivity contribution is 14.0. The van der Waals surface area contributed by atoms with E-state index in [0.29, 0.717) is 24.8 Å². The summed E-state index contributed by atoms with van der Waals surface area (Å²) in [6.45, 7) is 4.85. The molecular weight excluding hydrogens is 491 g/mol. The third-order valence-corrected chi connectivity index (χ3v) is 5.36. The number of piperidine rings is 1. The highest BCUT2D eigenvalue weighted by Crippen LogP contribution is 2.23. The third-order valence-electron chi connectivity index (χ3n) is 5.36. The van der Waals surface area contributed by atoms with Crippen LogP contribution in [0, 0.1) is 6.92 Å². The predicted molar refractivity (Wildman–Crippen MR) is 135 cm³/mol. The number of halogens is 1. The van der Waals surface area contributed by atoms with Crippen LogP contribution in [0.5, 0.6) is 11.5 Å². The molecule has 1 aliphatic rings. The Balaban J connectivity index is 0.00000320. The molecule has 0 aromatic heterocycles. The van der Waals surface area contributed by atoms with Crippen molar-refractivity contribution in [2.24, 2.45) is 4.99 Å². The van der Waals surface area contributed by atoms with Crippen molar-refractivity contribution in [3.63, 3.8) is 0 Å². The van der Waals surface area contributed by atoms with Crippen molar-refractivity contribution < 1.29 is 9.84 Å². The molecule has 0 aliphatic carbocycles. The summed E-state index contributed by atoms with van der Waals surface area (Å²) in [6.07, 6.45) is 2.99. The lowest BCUT2D eigenvalue weighted by atomic mass is 10.0. The van der Waals surface area contributed by atoms with E-state index in [-0.39, 0.29) is 29.7 Å². The molecule has 3 N–H and O–H groups in total. The van der Waals surface area contributed by atoms with E-state index in [1.54, 1.807) is 20.2 Å². The summed E-state index contributed by atoms with van der Waals surface area (Å²) in [4.78, 5) is 6.80. The van der Waals surface area contributed by atoms with Gasteiger partial charge in [-0.3, -0.25) is 4.99 Å². The Hall–Kier alpha value is -2.16. The number of guanidine groups is 1. The topological polar surface area (TPSA) is 69.1 Å². The van der Waals surface area contributed by atoms with Crippen molar-refractivity contribution >= 4 is 35.6 Å². The Morgan fingerprint density at radius 2 is 2.00 bits per heavy atom. The summed E-state index contributed by atoms with van der Waals surface area (Å²) in [5.74, 6) is 1.72. The first-order valence-electron chi connectivity index (χ1n) is 10.2. The molecule has 0 spiro atoms. The minimum atomic E-state index is 0. The number of hydrogen-bond donors (Lipinski definition) is 3. The largest absolute Gasteiger partial charge is 0.508 e. The van der Waals surface area contributed by atoms with Gasteiger partial charge >= 0.3 is 0 Å². The Labute approximate surface area is 196 Å². The second-order valence-corrected chi connectivity index (χ2v) is 7.51. The summed E-state index contributed by atoms with van der Waals surface area (Å²) in [6, 6.07) is 14.5. The monoisotopic (exact) mass is 524 g/mol. The first-order valence-corrected chi connectivity index (χ1v) is 10.2. The molecule has 0 amide bonds. The maximum Gasteiger partial charge on any atom is 0.191 e. The van der Waals surface area contributed by atoms with E-state index in [0.717, 1.165) is 37.5 Å². The zero-order chi connectivity index (χ0) is 20.6. The molecule has 0 saturated carbocycles. The van der Waals surface area contributed by atoms with Crippen LogP contribution in [0.3, 0.4) is 0 Å². The van der Waals surface area contributed by atoms with Crippen LogP contribution in [0.1, 0.15) is 24.0 Å². The number of benzene rings is 2. The molecule has 1 heterocycles. The SMILES string of the molecule is CN=C(NCCc1ccc(OC)cc1O)NC1CCCN(c2ccc(C)cc2)C1.I. The maximum atomic E-state index is 10.1. The first kappa shape index (κ1) is 24.1. The van der Waals surface area contributed by atoms with Crippen molar-refractivity contribution in [1.29, 1.82) is 0 Å². The molecule has 164 valence electrons. The number of aryl methyl sites for hydroxylation is 1. The normalized spacial score (nSPS) is 16.6. The minimum Gasteiger partial charge on any atom is -0.508 e. The highest BCUT2D eigenvalue weighted by atomic mass is 127. The molecule has 0 radical (unpaired) electrons. The lowest BCUT2D eigenvalue weighted by Gasteiger charge is -2.35. The summed E-state index contributed by atoms with van der Waals surface area (Å²) in [5, 5.41) is 17.0. The van der Waals surface area contributed by atoms with Crippen molar-refractivity contribution in [2.75, 3.05) is 38.7 Å². The van der Waals surface area contributed by atoms with Gasteiger partial charge in [0.2, 0.25) is 0 Å². The molecule has 6 nitrogen and oxygen atoms in total. The number of phenols is 1. The number of aromatic hydroxyl groups is 1. The number of nitrogens with zero attached hydrogens (tertiary/aromatic N) is 2. The summed E-state index contributed by atoms with van der Waals surface area (Å²) < 4.78 is 5.13. The number of rotatable bonds is 6. The van der Waals surface area contributed by atoms with E-state index in [1.165, 1.54) is 11.3 Å². The van der Waals surface area contributed by atoms with Gasteiger partial charge in [0.1, 0.15) is 11.5 Å². The second kappa shape index (κ2) is 11.9. The van der Waals surface area contributed by atoms with Crippen LogP contribution < -0.4 is 20.3 Å². The number of nitrogens with one attached hydrogen (secondary N) is 2. The van der Waals surface area contributed by atoms with Crippen LogP contribution >= 0.6 is 24.0 Å². The zero-order valence-electron chi connectivity index (χ0n) is 18.0. The van der Waals surface area contributed by atoms with Crippen molar-refractivity contribution in [3.05, 3.63) is 53.6 Å². The van der Waals surface area contributed by atoms with E-state index in [9.17, 15) is 5.11 Å². The standard InChI is InChI=1S/C23H32N4O2.HI/c1-17-6-9-20(10-7-17)27-14-4-5-19(16-27)26-23(24-2)25-13-12-18-8-11-21(29-3)15-22(18)28;/h6-11,15,19,28H,4-5,12-14,16H2,1-3H3,(H2,24,25,26);1H. The second-order valence-electron chi connectivity index (χ2n) is 7.51. The van der Waals surface area contributed by atoms with E-state index in [2.05, 4.69) is 51.7 Å². The van der Waals surface area contributed by atoms with Crippen LogP contribution in [-0.4, -0.2) is 50.9 Å². The zero-order valence-corrected chi connectivity index (χ0v) is 20.3. The van der Waals surface area contributed by atoms with E-state index in [1.807, 2.05) is 12.1 Å². The van der Waals surface area contributed by atoms with Crippen molar-refractivity contribution in [3.8, 4) is 11.5 Å². The van der Waals surface area contributed by atoms with Gasteiger partial charge in [0.05, 0.1) is 7.11 Å². The van der Waals surface area contributed by atoms with Crippen LogP contribution in [0.4, 0.5) is 5.69 Å². The van der Waals surface area contributed by atoms with Gasteiger partial charge in [-0.25, -0.2) is 0 Å². The molecule has 1 atom stereocenters. The van der Waals surface area contributed by atoms with Gasteiger partial charge in [-0.2, -0.15) is 0 Å². The van der Waals surface area contributed by atoms with Crippen LogP contribution in [0.15, 0.2) is 47.5 Å². The molecule has 30 heavy (non-hydrogen) atoms. The molecule has 1 fully saturated rings. The molecule has 3 rings (SSSR count). The van der Waals surface area contributed by atoms with Crippen LogP contribution in [0.2, 0.25) is 0 Å². The number of ether oxygens (including phenoxy) is 1. The third kappa shape index (κ3) is 6.68. The molecular formula is C23H33IN4O2. The highest BCUT2D eigenvalue weighted by Gasteiger charge is 2.21. The van der Waals surface area contributed by atoms with Gasteiger partial charge in [0.25, 0.3) is 0 Å². The fourth-order valence-corrected chi connectivity index (χ4v) is 3.67. The van der Waals surface area contributed by atoms with Gasteiger partial charge in [0.15, 0.2) is 5.96 Å².